The highest BCUT2D eigenvalue weighted by Gasteiger charge is 2.10. The van der Waals surface area contributed by atoms with E-state index in [1.54, 1.807) is 0 Å². The van der Waals surface area contributed by atoms with E-state index in [1.165, 1.54) is 0 Å². The van der Waals surface area contributed by atoms with Crippen molar-refractivity contribution in [2.24, 2.45) is 0 Å². The Morgan fingerprint density at radius 3 is 2.52 bits per heavy atom. The molecule has 0 spiro atoms. The van der Waals surface area contributed by atoms with E-state index in [0.717, 1.165) is 30.9 Å². The number of aromatic nitrogens is 3. The lowest BCUT2D eigenvalue weighted by atomic mass is 10.4. The molecule has 0 saturated carbocycles. The molecule has 7 heteroatoms. The Hall–Kier alpha value is -1.24. The third kappa shape index (κ3) is 7.36. The van der Waals surface area contributed by atoms with Crippen LogP contribution in [-0.2, 0) is 0 Å². The molecule has 0 amide bonds. The van der Waals surface area contributed by atoms with Crippen molar-refractivity contribution in [1.29, 1.82) is 0 Å². The van der Waals surface area contributed by atoms with Gasteiger partial charge in [-0.15, -0.1) is 0 Å². The van der Waals surface area contributed by atoms with Gasteiger partial charge in [0.05, 0.1) is 6.61 Å². The van der Waals surface area contributed by atoms with Crippen molar-refractivity contribution in [3.8, 4) is 6.01 Å². The zero-order valence-electron chi connectivity index (χ0n) is 13.5. The van der Waals surface area contributed by atoms with Gasteiger partial charge in [-0.1, -0.05) is 20.8 Å². The van der Waals surface area contributed by atoms with E-state index in [9.17, 15) is 0 Å². The van der Waals surface area contributed by atoms with Crippen LogP contribution >= 0.6 is 11.8 Å². The fourth-order valence-electron chi connectivity index (χ4n) is 1.55. The first-order valence-electron chi connectivity index (χ1n) is 7.66. The van der Waals surface area contributed by atoms with Crippen molar-refractivity contribution >= 4 is 23.7 Å². The fraction of sp³-hybridized carbons (Fsp3) is 0.786. The summed E-state index contributed by atoms with van der Waals surface area (Å²) >= 11 is 1.89. The van der Waals surface area contributed by atoms with Crippen molar-refractivity contribution in [2.75, 3.05) is 35.3 Å². The Labute approximate surface area is 131 Å². The molecule has 0 bridgehead atoms. The molecule has 0 aliphatic heterocycles. The minimum Gasteiger partial charge on any atom is -0.463 e. The van der Waals surface area contributed by atoms with E-state index in [-0.39, 0.29) is 0 Å². The van der Waals surface area contributed by atoms with Crippen LogP contribution in [0, 0.1) is 0 Å². The van der Waals surface area contributed by atoms with Crippen LogP contribution in [-0.4, -0.2) is 45.7 Å². The SMILES string of the molecule is CCCNc1nc(NC(C)CSCC)nc(OCCC)n1. The summed E-state index contributed by atoms with van der Waals surface area (Å²) in [6.07, 6.45) is 1.94. The molecule has 120 valence electrons. The van der Waals surface area contributed by atoms with Crippen LogP contribution in [0.5, 0.6) is 6.01 Å². The first-order valence-corrected chi connectivity index (χ1v) is 8.82. The van der Waals surface area contributed by atoms with Crippen LogP contribution in [0.25, 0.3) is 0 Å². The molecule has 1 rings (SSSR count). The summed E-state index contributed by atoms with van der Waals surface area (Å²) < 4.78 is 5.53. The minimum absolute atomic E-state index is 0.301. The zero-order chi connectivity index (χ0) is 15.5. The highest BCUT2D eigenvalue weighted by molar-refractivity contribution is 7.99. The number of thioether (sulfide) groups is 1. The zero-order valence-corrected chi connectivity index (χ0v) is 14.3. The molecule has 1 heterocycles. The molecule has 0 aromatic carbocycles. The van der Waals surface area contributed by atoms with Gasteiger partial charge < -0.3 is 15.4 Å². The normalized spacial score (nSPS) is 12.0. The van der Waals surface area contributed by atoms with E-state index >= 15 is 0 Å². The van der Waals surface area contributed by atoms with Gasteiger partial charge in [-0.3, -0.25) is 0 Å². The van der Waals surface area contributed by atoms with Crippen LogP contribution in [0.2, 0.25) is 0 Å². The van der Waals surface area contributed by atoms with Gasteiger partial charge in [0.15, 0.2) is 0 Å². The van der Waals surface area contributed by atoms with Crippen LogP contribution in [0.3, 0.4) is 0 Å². The number of rotatable bonds is 11. The van der Waals surface area contributed by atoms with E-state index in [0.29, 0.717) is 30.6 Å². The number of anilines is 2. The lowest BCUT2D eigenvalue weighted by Crippen LogP contribution is -2.21. The van der Waals surface area contributed by atoms with Crippen molar-refractivity contribution in [1.82, 2.24) is 15.0 Å². The van der Waals surface area contributed by atoms with Gasteiger partial charge in [0.1, 0.15) is 0 Å². The second-order valence-electron chi connectivity index (χ2n) is 4.75. The van der Waals surface area contributed by atoms with Gasteiger partial charge in [-0.25, -0.2) is 0 Å². The topological polar surface area (TPSA) is 72.0 Å². The van der Waals surface area contributed by atoms with E-state index < -0.39 is 0 Å². The Morgan fingerprint density at radius 1 is 1.10 bits per heavy atom. The second-order valence-corrected chi connectivity index (χ2v) is 6.06. The van der Waals surface area contributed by atoms with Gasteiger partial charge in [-0.05, 0) is 25.5 Å². The van der Waals surface area contributed by atoms with Gasteiger partial charge in [0.2, 0.25) is 11.9 Å². The molecular formula is C14H27N5OS. The molecule has 21 heavy (non-hydrogen) atoms. The van der Waals surface area contributed by atoms with Gasteiger partial charge in [0, 0.05) is 18.3 Å². The maximum Gasteiger partial charge on any atom is 0.323 e. The Morgan fingerprint density at radius 2 is 1.86 bits per heavy atom. The van der Waals surface area contributed by atoms with Crippen LogP contribution < -0.4 is 15.4 Å². The van der Waals surface area contributed by atoms with E-state index in [4.69, 9.17) is 4.74 Å². The van der Waals surface area contributed by atoms with Crippen LogP contribution in [0.4, 0.5) is 11.9 Å². The molecule has 1 unspecified atom stereocenters. The molecule has 1 aromatic heterocycles. The Kier molecular flexibility index (Phi) is 8.89. The monoisotopic (exact) mass is 313 g/mol. The molecule has 1 atom stereocenters. The third-order valence-corrected chi connectivity index (χ3v) is 3.67. The standard InChI is InChI=1S/C14H27N5OS/c1-5-8-15-12-17-13(16-11(4)10-21-7-3)19-14(18-12)20-9-6-2/h11H,5-10H2,1-4H3,(H2,15,16,17,18,19). The molecule has 0 saturated heterocycles. The predicted octanol–water partition coefficient (Wildman–Crippen LogP) is 3.04. The lowest BCUT2D eigenvalue weighted by molar-refractivity contribution is 0.292. The van der Waals surface area contributed by atoms with Gasteiger partial charge >= 0.3 is 6.01 Å². The average molecular weight is 313 g/mol. The highest BCUT2D eigenvalue weighted by Crippen LogP contribution is 2.13. The molecular weight excluding hydrogens is 286 g/mol. The van der Waals surface area contributed by atoms with Crippen molar-refractivity contribution in [2.45, 2.75) is 46.6 Å². The number of hydrogen-bond donors (Lipinski definition) is 2. The number of hydrogen-bond acceptors (Lipinski definition) is 7. The fourth-order valence-corrected chi connectivity index (χ4v) is 2.22. The molecule has 1 aromatic rings. The van der Waals surface area contributed by atoms with Gasteiger partial charge in [0.25, 0.3) is 0 Å². The van der Waals surface area contributed by atoms with E-state index in [1.807, 2.05) is 11.8 Å². The Balaban J connectivity index is 2.74. The van der Waals surface area contributed by atoms with E-state index in [2.05, 4.69) is 53.3 Å². The summed E-state index contributed by atoms with van der Waals surface area (Å²) in [7, 11) is 0. The summed E-state index contributed by atoms with van der Waals surface area (Å²) in [6, 6.07) is 0.679. The maximum absolute atomic E-state index is 5.53. The molecule has 0 radical (unpaired) electrons. The quantitative estimate of drug-likeness (QED) is 0.650. The highest BCUT2D eigenvalue weighted by atomic mass is 32.2. The molecule has 0 fully saturated rings. The molecule has 0 aliphatic carbocycles. The summed E-state index contributed by atoms with van der Waals surface area (Å²) in [6.45, 7) is 9.88. The first-order chi connectivity index (χ1) is 10.2. The molecule has 0 aliphatic rings. The first kappa shape index (κ1) is 17.8. The van der Waals surface area contributed by atoms with Crippen molar-refractivity contribution in [3.05, 3.63) is 0 Å². The molecule has 6 nitrogen and oxygen atoms in total. The minimum atomic E-state index is 0.301. The largest absolute Gasteiger partial charge is 0.463 e. The maximum atomic E-state index is 5.53. The van der Waals surface area contributed by atoms with Gasteiger partial charge in [-0.2, -0.15) is 26.7 Å². The average Bonchev–Trinajstić information content (AvgIpc) is 2.48. The number of ether oxygens (including phenoxy) is 1. The summed E-state index contributed by atoms with van der Waals surface area (Å²) in [4.78, 5) is 13.0. The third-order valence-electron chi connectivity index (χ3n) is 2.53. The smallest absolute Gasteiger partial charge is 0.323 e. The summed E-state index contributed by atoms with van der Waals surface area (Å²) in [5.41, 5.74) is 0. The summed E-state index contributed by atoms with van der Waals surface area (Å²) in [5.74, 6) is 3.26. The Bertz CT molecular complexity index is 379. The van der Waals surface area contributed by atoms with Crippen molar-refractivity contribution < 1.29 is 4.74 Å². The number of nitrogens with zero attached hydrogens (tertiary/aromatic N) is 3. The van der Waals surface area contributed by atoms with Crippen LogP contribution in [0.1, 0.15) is 40.5 Å². The second kappa shape index (κ2) is 10.5. The number of nitrogens with one attached hydrogen (secondary N) is 2. The lowest BCUT2D eigenvalue weighted by Gasteiger charge is -2.14. The molecule has 2 N–H and O–H groups in total. The van der Waals surface area contributed by atoms with Crippen molar-refractivity contribution in [3.63, 3.8) is 0 Å². The summed E-state index contributed by atoms with van der Waals surface area (Å²) in [5, 5.41) is 6.49. The predicted molar refractivity (Wildman–Crippen MR) is 90.5 cm³/mol. The van der Waals surface area contributed by atoms with Crippen LogP contribution in [0.15, 0.2) is 0 Å².